The van der Waals surface area contributed by atoms with Crippen LogP contribution in [0.5, 0.6) is 0 Å². The molecule has 0 saturated heterocycles. The van der Waals surface area contributed by atoms with E-state index in [1.165, 1.54) is 6.07 Å². The Hall–Kier alpha value is -3.61. The molecule has 0 spiro atoms. The maximum absolute atomic E-state index is 14.8. The van der Waals surface area contributed by atoms with Gasteiger partial charge in [0.15, 0.2) is 5.65 Å². The fourth-order valence-corrected chi connectivity index (χ4v) is 3.50. The Bertz CT molecular complexity index is 1320. The molecule has 1 aromatic carbocycles. The smallest absolute Gasteiger partial charge is 0.153 e. The molecule has 0 bridgehead atoms. The van der Waals surface area contributed by atoms with Gasteiger partial charge in [0.25, 0.3) is 0 Å². The van der Waals surface area contributed by atoms with Crippen LogP contribution in [0.25, 0.3) is 27.8 Å². The van der Waals surface area contributed by atoms with Crippen LogP contribution in [0, 0.1) is 5.82 Å². The summed E-state index contributed by atoms with van der Waals surface area (Å²) in [6, 6.07) is 10.9. The van der Waals surface area contributed by atoms with Crippen LogP contribution in [-0.2, 0) is 7.05 Å². The van der Waals surface area contributed by atoms with Crippen LogP contribution in [-0.4, -0.2) is 29.4 Å². The number of hydrogen-bond acceptors (Lipinski definition) is 4. The van der Waals surface area contributed by atoms with Crippen molar-refractivity contribution in [2.75, 3.05) is 0 Å². The maximum Gasteiger partial charge on any atom is 0.153 e. The number of hydrogen-bond donors (Lipinski definition) is 0. The van der Waals surface area contributed by atoms with Crippen LogP contribution < -0.4 is 0 Å². The molecule has 7 heteroatoms. The van der Waals surface area contributed by atoms with Crippen molar-refractivity contribution in [1.29, 1.82) is 0 Å². The summed E-state index contributed by atoms with van der Waals surface area (Å²) in [6.07, 6.45) is 7.10. The van der Waals surface area contributed by atoms with Crippen LogP contribution in [0.4, 0.5) is 4.39 Å². The normalized spacial score (nSPS) is 12.7. The second-order valence-corrected chi connectivity index (χ2v) is 6.87. The molecule has 1 unspecified atom stereocenters. The van der Waals surface area contributed by atoms with Gasteiger partial charge in [-0.1, -0.05) is 13.0 Å². The summed E-state index contributed by atoms with van der Waals surface area (Å²) in [5.74, 6) is -0.506. The summed E-state index contributed by atoms with van der Waals surface area (Å²) in [5, 5.41) is 9.83. The predicted molar refractivity (Wildman–Crippen MR) is 104 cm³/mol. The molecule has 4 heterocycles. The lowest BCUT2D eigenvalue weighted by Crippen LogP contribution is -2.06. The number of nitrogens with zero attached hydrogens (tertiary/aromatic N) is 6. The Morgan fingerprint density at radius 3 is 2.79 bits per heavy atom. The van der Waals surface area contributed by atoms with Gasteiger partial charge in [-0.05, 0) is 29.8 Å². The Kier molecular flexibility index (Phi) is 3.68. The number of imidazole rings is 1. The van der Waals surface area contributed by atoms with E-state index in [0.29, 0.717) is 11.1 Å². The minimum Gasteiger partial charge on any atom is -0.275 e. The van der Waals surface area contributed by atoms with Crippen LogP contribution in [0.1, 0.15) is 24.1 Å². The summed E-state index contributed by atoms with van der Waals surface area (Å²) in [6.45, 7) is 1.96. The fourth-order valence-electron chi connectivity index (χ4n) is 3.50. The van der Waals surface area contributed by atoms with E-state index in [9.17, 15) is 4.39 Å². The molecular formula is C21H17FN6. The highest BCUT2D eigenvalue weighted by atomic mass is 19.1. The molecule has 0 amide bonds. The van der Waals surface area contributed by atoms with E-state index in [-0.39, 0.29) is 11.7 Å². The average Bonchev–Trinajstić information content (AvgIpc) is 3.32. The molecule has 0 saturated carbocycles. The predicted octanol–water partition coefficient (Wildman–Crippen LogP) is 3.97. The summed E-state index contributed by atoms with van der Waals surface area (Å²) in [4.78, 5) is 8.67. The fraction of sp³-hybridized carbons (Fsp3) is 0.143. The molecule has 5 aromatic rings. The lowest BCUT2D eigenvalue weighted by Gasteiger charge is -2.13. The van der Waals surface area contributed by atoms with Gasteiger partial charge < -0.3 is 0 Å². The first kappa shape index (κ1) is 16.6. The van der Waals surface area contributed by atoms with Crippen molar-refractivity contribution >= 4 is 16.6 Å². The average molecular weight is 372 g/mol. The van der Waals surface area contributed by atoms with E-state index in [0.717, 1.165) is 28.0 Å². The van der Waals surface area contributed by atoms with Gasteiger partial charge in [-0.3, -0.25) is 9.67 Å². The van der Waals surface area contributed by atoms with Crippen molar-refractivity contribution in [3.8, 4) is 11.3 Å². The van der Waals surface area contributed by atoms with Gasteiger partial charge in [-0.25, -0.2) is 13.9 Å². The topological polar surface area (TPSA) is 60.9 Å². The summed E-state index contributed by atoms with van der Waals surface area (Å²) >= 11 is 0. The minimum absolute atomic E-state index is 0.226. The van der Waals surface area contributed by atoms with Gasteiger partial charge >= 0.3 is 0 Å². The lowest BCUT2D eigenvalue weighted by molar-refractivity contribution is 0.600. The first-order valence-corrected chi connectivity index (χ1v) is 8.98. The van der Waals surface area contributed by atoms with E-state index < -0.39 is 0 Å². The molecule has 0 aliphatic rings. The third-order valence-corrected chi connectivity index (χ3v) is 5.02. The quantitative estimate of drug-likeness (QED) is 0.481. The number of benzene rings is 1. The van der Waals surface area contributed by atoms with Gasteiger partial charge in [0.1, 0.15) is 5.82 Å². The zero-order chi connectivity index (χ0) is 19.3. The van der Waals surface area contributed by atoms with Gasteiger partial charge in [-0.15, -0.1) is 0 Å². The van der Waals surface area contributed by atoms with Crippen molar-refractivity contribution < 1.29 is 4.39 Å². The molecular weight excluding hydrogens is 355 g/mol. The van der Waals surface area contributed by atoms with E-state index >= 15 is 0 Å². The Balaban J connectivity index is 1.63. The number of rotatable bonds is 3. The monoisotopic (exact) mass is 372 g/mol. The molecule has 0 aliphatic carbocycles. The molecule has 0 fully saturated rings. The highest BCUT2D eigenvalue weighted by Gasteiger charge is 2.19. The van der Waals surface area contributed by atoms with Crippen molar-refractivity contribution in [3.63, 3.8) is 0 Å². The van der Waals surface area contributed by atoms with Crippen LogP contribution in [0.15, 0.2) is 61.2 Å². The lowest BCUT2D eigenvalue weighted by atomic mass is 9.96. The number of aromatic nitrogens is 6. The first-order valence-electron chi connectivity index (χ1n) is 8.98. The van der Waals surface area contributed by atoms with E-state index in [1.807, 2.05) is 50.5 Å². The minimum atomic E-state index is -0.280. The maximum atomic E-state index is 14.8. The van der Waals surface area contributed by atoms with E-state index in [2.05, 4.69) is 15.1 Å². The Morgan fingerprint density at radius 2 is 1.96 bits per heavy atom. The van der Waals surface area contributed by atoms with Gasteiger partial charge in [0.2, 0.25) is 0 Å². The number of fused-ring (bicyclic) bond motifs is 2. The summed E-state index contributed by atoms with van der Waals surface area (Å²) < 4.78 is 18.3. The Labute approximate surface area is 160 Å². The number of aryl methyl sites for hydroxylation is 1. The second-order valence-electron chi connectivity index (χ2n) is 6.87. The first-order chi connectivity index (χ1) is 13.6. The van der Waals surface area contributed by atoms with Crippen molar-refractivity contribution in [2.45, 2.75) is 12.8 Å². The van der Waals surface area contributed by atoms with E-state index in [1.54, 1.807) is 27.8 Å². The van der Waals surface area contributed by atoms with Crippen molar-refractivity contribution in [1.82, 2.24) is 29.4 Å². The van der Waals surface area contributed by atoms with Gasteiger partial charge in [-0.2, -0.15) is 10.2 Å². The van der Waals surface area contributed by atoms with Crippen LogP contribution >= 0.6 is 0 Å². The molecule has 138 valence electrons. The Morgan fingerprint density at radius 1 is 1.07 bits per heavy atom. The molecule has 4 aromatic heterocycles. The standard InChI is InChI=1S/C21H17FN6/c1-13(16-8-14-4-3-7-23-19(14)9-17(16)22)20-11-24-21-6-5-18(26-28(20)21)15-10-25-27(2)12-15/h3-13H,1-2H3. The zero-order valence-electron chi connectivity index (χ0n) is 15.4. The molecule has 0 aliphatic heterocycles. The van der Waals surface area contributed by atoms with Crippen LogP contribution in [0.2, 0.25) is 0 Å². The summed E-state index contributed by atoms with van der Waals surface area (Å²) in [5.41, 5.74) is 4.48. The SMILES string of the molecule is CC(c1cc2cccnc2cc1F)c1cnc2ccc(-c3cnn(C)c3)nn12. The number of halogens is 1. The molecule has 6 nitrogen and oxygen atoms in total. The molecule has 28 heavy (non-hydrogen) atoms. The second kappa shape index (κ2) is 6.23. The van der Waals surface area contributed by atoms with Gasteiger partial charge in [0.05, 0.1) is 29.3 Å². The van der Waals surface area contributed by atoms with Crippen molar-refractivity contribution in [2.24, 2.45) is 7.05 Å². The van der Waals surface area contributed by atoms with Crippen LogP contribution in [0.3, 0.4) is 0 Å². The highest BCUT2D eigenvalue weighted by molar-refractivity contribution is 5.79. The zero-order valence-corrected chi connectivity index (χ0v) is 15.4. The largest absolute Gasteiger partial charge is 0.275 e. The third kappa shape index (κ3) is 2.63. The highest BCUT2D eigenvalue weighted by Crippen LogP contribution is 2.30. The molecule has 1 atom stereocenters. The molecule has 0 radical (unpaired) electrons. The van der Waals surface area contributed by atoms with E-state index in [4.69, 9.17) is 5.10 Å². The van der Waals surface area contributed by atoms with Gasteiger partial charge in [0, 0.05) is 42.4 Å². The molecule has 0 N–H and O–H groups in total. The van der Waals surface area contributed by atoms with Crippen molar-refractivity contribution in [3.05, 3.63) is 78.3 Å². The third-order valence-electron chi connectivity index (χ3n) is 5.02. The number of pyridine rings is 1. The summed E-state index contributed by atoms with van der Waals surface area (Å²) in [7, 11) is 1.87. The molecule has 5 rings (SSSR count).